The van der Waals surface area contributed by atoms with E-state index in [0.29, 0.717) is 5.41 Å². The number of carbonyl (C=O) groups is 1. The number of amides is 1. The highest BCUT2D eigenvalue weighted by Crippen LogP contribution is 2.60. The molecule has 6 rings (SSSR count). The molecule has 5 fully saturated rings. The molecular weight excluding hydrogens is 270 g/mol. The molecule has 22 heavy (non-hydrogen) atoms. The summed E-state index contributed by atoms with van der Waals surface area (Å²) in [5.41, 5.74) is 2.98. The van der Waals surface area contributed by atoms with E-state index >= 15 is 0 Å². The number of carbonyl (C=O) groups excluding carboxylic acids is 1. The van der Waals surface area contributed by atoms with E-state index in [4.69, 9.17) is 0 Å². The lowest BCUT2D eigenvalue weighted by Crippen LogP contribution is -2.48. The Balaban J connectivity index is 1.37. The number of rotatable bonds is 3. The minimum Gasteiger partial charge on any atom is -0.326 e. The molecule has 2 nitrogen and oxygen atoms in total. The molecule has 1 aromatic rings. The number of anilines is 1. The van der Waals surface area contributed by atoms with Gasteiger partial charge >= 0.3 is 0 Å². The first kappa shape index (κ1) is 13.2. The maximum atomic E-state index is 11.9. The van der Waals surface area contributed by atoms with Gasteiger partial charge in [0.1, 0.15) is 0 Å². The molecule has 5 aliphatic rings. The quantitative estimate of drug-likeness (QED) is 0.874. The van der Waals surface area contributed by atoms with E-state index in [2.05, 4.69) is 29.6 Å². The van der Waals surface area contributed by atoms with Crippen molar-refractivity contribution >= 4 is 11.6 Å². The van der Waals surface area contributed by atoms with Crippen LogP contribution in [0.15, 0.2) is 24.3 Å². The minimum absolute atomic E-state index is 0.211. The van der Waals surface area contributed by atoms with E-state index in [0.717, 1.165) is 36.3 Å². The molecule has 116 valence electrons. The van der Waals surface area contributed by atoms with Crippen LogP contribution in [0.1, 0.15) is 56.9 Å². The second kappa shape index (κ2) is 4.59. The fourth-order valence-corrected chi connectivity index (χ4v) is 5.96. The highest BCUT2D eigenvalue weighted by molar-refractivity contribution is 5.94. The van der Waals surface area contributed by atoms with Crippen LogP contribution in [0.2, 0.25) is 0 Å². The summed E-state index contributed by atoms with van der Waals surface area (Å²) in [6.45, 7) is 0. The summed E-state index contributed by atoms with van der Waals surface area (Å²) >= 11 is 0. The SMILES string of the molecule is O=C(Nc1ccc(C23CC4CC(CC(C4)C2)C3)cc1)C1CC1. The molecule has 0 heterocycles. The molecule has 0 radical (unpaired) electrons. The van der Waals surface area contributed by atoms with Gasteiger partial charge < -0.3 is 5.32 Å². The van der Waals surface area contributed by atoms with E-state index < -0.39 is 0 Å². The lowest BCUT2D eigenvalue weighted by molar-refractivity contribution is -0.117. The predicted octanol–water partition coefficient (Wildman–Crippen LogP) is 4.50. The Morgan fingerprint density at radius 1 is 0.909 bits per heavy atom. The fourth-order valence-electron chi connectivity index (χ4n) is 5.96. The second-order valence-electron chi connectivity index (χ2n) is 8.54. The molecule has 0 aromatic heterocycles. The van der Waals surface area contributed by atoms with Crippen molar-refractivity contribution in [2.24, 2.45) is 23.7 Å². The average Bonchev–Trinajstić information content (AvgIpc) is 3.31. The van der Waals surface area contributed by atoms with Gasteiger partial charge in [-0.3, -0.25) is 4.79 Å². The zero-order chi connectivity index (χ0) is 14.7. The fraction of sp³-hybridized carbons (Fsp3) is 0.650. The van der Waals surface area contributed by atoms with Crippen LogP contribution in [0, 0.1) is 23.7 Å². The Morgan fingerprint density at radius 3 is 1.95 bits per heavy atom. The maximum Gasteiger partial charge on any atom is 0.227 e. The van der Waals surface area contributed by atoms with Crippen LogP contribution in [0.25, 0.3) is 0 Å². The minimum atomic E-state index is 0.211. The first-order chi connectivity index (χ1) is 10.7. The summed E-state index contributed by atoms with van der Waals surface area (Å²) in [5, 5.41) is 3.07. The normalized spacial score (nSPS) is 39.0. The molecule has 2 heteroatoms. The van der Waals surface area contributed by atoms with Gasteiger partial charge in [-0.1, -0.05) is 12.1 Å². The largest absolute Gasteiger partial charge is 0.326 e. The summed E-state index contributed by atoms with van der Waals surface area (Å²) < 4.78 is 0. The lowest BCUT2D eigenvalue weighted by atomic mass is 9.48. The van der Waals surface area contributed by atoms with Gasteiger partial charge in [-0.15, -0.1) is 0 Å². The van der Waals surface area contributed by atoms with Crippen LogP contribution in [0.5, 0.6) is 0 Å². The Morgan fingerprint density at radius 2 is 1.45 bits per heavy atom. The Labute approximate surface area is 132 Å². The van der Waals surface area contributed by atoms with Crippen molar-refractivity contribution in [3.05, 3.63) is 29.8 Å². The van der Waals surface area contributed by atoms with Crippen LogP contribution in [-0.2, 0) is 10.2 Å². The van der Waals surface area contributed by atoms with Crippen molar-refractivity contribution < 1.29 is 4.79 Å². The number of benzene rings is 1. The summed E-state index contributed by atoms with van der Waals surface area (Å²) in [6.07, 6.45) is 10.8. The van der Waals surface area contributed by atoms with Gasteiger partial charge in [-0.2, -0.15) is 0 Å². The summed E-state index contributed by atoms with van der Waals surface area (Å²) in [5.74, 6) is 3.45. The van der Waals surface area contributed by atoms with Crippen molar-refractivity contribution in [1.29, 1.82) is 0 Å². The molecule has 1 N–H and O–H groups in total. The molecule has 0 unspecified atom stereocenters. The number of hydrogen-bond acceptors (Lipinski definition) is 1. The molecule has 1 amide bonds. The second-order valence-corrected chi connectivity index (χ2v) is 8.54. The average molecular weight is 295 g/mol. The van der Waals surface area contributed by atoms with Gasteiger partial charge in [0.25, 0.3) is 0 Å². The summed E-state index contributed by atoms with van der Waals surface area (Å²) in [7, 11) is 0. The Kier molecular flexibility index (Phi) is 2.75. The van der Waals surface area contributed by atoms with E-state index in [-0.39, 0.29) is 11.8 Å². The van der Waals surface area contributed by atoms with Crippen LogP contribution in [-0.4, -0.2) is 5.91 Å². The highest BCUT2D eigenvalue weighted by atomic mass is 16.2. The summed E-state index contributed by atoms with van der Waals surface area (Å²) in [6, 6.07) is 8.87. The van der Waals surface area contributed by atoms with Crippen LogP contribution in [0.4, 0.5) is 5.69 Å². The smallest absolute Gasteiger partial charge is 0.227 e. The molecule has 0 spiro atoms. The molecule has 0 atom stereocenters. The van der Waals surface area contributed by atoms with Gasteiger partial charge in [-0.25, -0.2) is 0 Å². The monoisotopic (exact) mass is 295 g/mol. The van der Waals surface area contributed by atoms with Crippen LogP contribution >= 0.6 is 0 Å². The number of hydrogen-bond donors (Lipinski definition) is 1. The van der Waals surface area contributed by atoms with Gasteiger partial charge in [-0.05, 0) is 92.2 Å². The van der Waals surface area contributed by atoms with E-state index in [1.54, 1.807) is 0 Å². The molecular formula is C20H25NO. The van der Waals surface area contributed by atoms with Crippen molar-refractivity contribution in [2.45, 2.75) is 56.8 Å². The van der Waals surface area contributed by atoms with Crippen LogP contribution < -0.4 is 5.32 Å². The van der Waals surface area contributed by atoms with Crippen molar-refractivity contribution in [2.75, 3.05) is 5.32 Å². The van der Waals surface area contributed by atoms with Crippen molar-refractivity contribution in [3.63, 3.8) is 0 Å². The Bertz CT molecular complexity index is 563. The lowest BCUT2D eigenvalue weighted by Gasteiger charge is -2.57. The number of nitrogens with one attached hydrogen (secondary N) is 1. The van der Waals surface area contributed by atoms with Crippen LogP contribution in [0.3, 0.4) is 0 Å². The first-order valence-corrected chi connectivity index (χ1v) is 9.12. The van der Waals surface area contributed by atoms with Gasteiger partial charge in [0.05, 0.1) is 0 Å². The highest BCUT2D eigenvalue weighted by Gasteiger charge is 2.51. The molecule has 0 saturated heterocycles. The molecule has 1 aromatic carbocycles. The maximum absolute atomic E-state index is 11.9. The van der Waals surface area contributed by atoms with Crippen molar-refractivity contribution in [3.8, 4) is 0 Å². The van der Waals surface area contributed by atoms with Gasteiger partial charge in [0.15, 0.2) is 0 Å². The summed E-state index contributed by atoms with van der Waals surface area (Å²) in [4.78, 5) is 11.9. The van der Waals surface area contributed by atoms with Gasteiger partial charge in [0, 0.05) is 11.6 Å². The van der Waals surface area contributed by atoms with Gasteiger partial charge in [0.2, 0.25) is 5.91 Å². The predicted molar refractivity (Wildman–Crippen MR) is 87.6 cm³/mol. The van der Waals surface area contributed by atoms with E-state index in [1.165, 1.54) is 44.1 Å². The van der Waals surface area contributed by atoms with E-state index in [9.17, 15) is 4.79 Å². The first-order valence-electron chi connectivity index (χ1n) is 9.12. The molecule has 5 saturated carbocycles. The third kappa shape index (κ3) is 2.11. The Hall–Kier alpha value is -1.31. The third-order valence-electron chi connectivity index (χ3n) is 6.75. The molecule has 4 bridgehead atoms. The third-order valence-corrected chi connectivity index (χ3v) is 6.75. The molecule has 5 aliphatic carbocycles. The zero-order valence-corrected chi connectivity index (χ0v) is 13.2. The van der Waals surface area contributed by atoms with E-state index in [1.807, 2.05) is 0 Å². The standard InChI is InChI=1S/C20H25NO/c22-19(16-1-2-16)21-18-5-3-17(4-6-18)20-10-13-7-14(11-20)9-15(8-13)12-20/h3-6,13-16H,1-2,7-12H2,(H,21,22). The van der Waals surface area contributed by atoms with Crippen molar-refractivity contribution in [1.82, 2.24) is 0 Å². The topological polar surface area (TPSA) is 29.1 Å². The molecule has 0 aliphatic heterocycles. The zero-order valence-electron chi connectivity index (χ0n) is 13.2.